The highest BCUT2D eigenvalue weighted by molar-refractivity contribution is 5.71. The SMILES string of the molecule is CCc1nc(-c2ccc(-c3ccncc3)cc2)nc(-c2cccc(-c3ccccc3)c2)n1. The second-order valence-corrected chi connectivity index (χ2v) is 7.51. The fourth-order valence-corrected chi connectivity index (χ4v) is 3.66. The third-order valence-electron chi connectivity index (χ3n) is 5.38. The molecule has 5 aromatic rings. The Morgan fingerprint density at radius 3 is 1.78 bits per heavy atom. The van der Waals surface area contributed by atoms with Crippen molar-refractivity contribution >= 4 is 0 Å². The summed E-state index contributed by atoms with van der Waals surface area (Å²) in [6, 6.07) is 31.0. The van der Waals surface area contributed by atoms with E-state index in [4.69, 9.17) is 15.0 Å². The van der Waals surface area contributed by atoms with Gasteiger partial charge < -0.3 is 0 Å². The number of benzene rings is 3. The van der Waals surface area contributed by atoms with Crippen LogP contribution in [-0.2, 0) is 6.42 Å². The van der Waals surface area contributed by atoms with E-state index in [0.29, 0.717) is 11.6 Å². The first-order valence-corrected chi connectivity index (χ1v) is 10.7. The van der Waals surface area contributed by atoms with E-state index >= 15 is 0 Å². The molecule has 0 fully saturated rings. The lowest BCUT2D eigenvalue weighted by atomic mass is 10.0. The molecule has 154 valence electrons. The molecule has 0 N–H and O–H groups in total. The van der Waals surface area contributed by atoms with Crippen molar-refractivity contribution in [2.45, 2.75) is 13.3 Å². The third kappa shape index (κ3) is 4.16. The highest BCUT2D eigenvalue weighted by atomic mass is 15.0. The Kier molecular flexibility index (Phi) is 5.50. The monoisotopic (exact) mass is 414 g/mol. The zero-order valence-corrected chi connectivity index (χ0v) is 17.8. The lowest BCUT2D eigenvalue weighted by Gasteiger charge is -2.09. The van der Waals surface area contributed by atoms with Crippen molar-refractivity contribution in [3.05, 3.63) is 109 Å². The molecule has 3 aromatic carbocycles. The van der Waals surface area contributed by atoms with Crippen LogP contribution in [0.3, 0.4) is 0 Å². The number of hydrogen-bond acceptors (Lipinski definition) is 4. The molecule has 5 rings (SSSR count). The van der Waals surface area contributed by atoms with Gasteiger partial charge in [-0.3, -0.25) is 4.98 Å². The predicted octanol–water partition coefficient (Wildman–Crippen LogP) is 6.50. The molecule has 2 heterocycles. The molecule has 0 saturated heterocycles. The van der Waals surface area contributed by atoms with E-state index in [1.807, 2.05) is 30.3 Å². The fourth-order valence-electron chi connectivity index (χ4n) is 3.66. The molecule has 32 heavy (non-hydrogen) atoms. The van der Waals surface area contributed by atoms with Crippen LogP contribution < -0.4 is 0 Å². The van der Waals surface area contributed by atoms with Crippen LogP contribution in [0.15, 0.2) is 103 Å². The van der Waals surface area contributed by atoms with Gasteiger partial charge >= 0.3 is 0 Å². The summed E-state index contributed by atoms with van der Waals surface area (Å²) in [5, 5.41) is 0. The minimum atomic E-state index is 0.693. The summed E-state index contributed by atoms with van der Waals surface area (Å²) in [5.74, 6) is 2.18. The molecule has 0 atom stereocenters. The maximum Gasteiger partial charge on any atom is 0.163 e. The largest absolute Gasteiger partial charge is 0.265 e. The second kappa shape index (κ2) is 8.90. The Morgan fingerprint density at radius 1 is 0.500 bits per heavy atom. The van der Waals surface area contributed by atoms with E-state index in [0.717, 1.165) is 40.1 Å². The normalized spacial score (nSPS) is 10.8. The van der Waals surface area contributed by atoms with Crippen molar-refractivity contribution in [2.75, 3.05) is 0 Å². The van der Waals surface area contributed by atoms with Gasteiger partial charge in [0.2, 0.25) is 0 Å². The van der Waals surface area contributed by atoms with Crippen molar-refractivity contribution in [2.24, 2.45) is 0 Å². The van der Waals surface area contributed by atoms with Crippen molar-refractivity contribution in [1.82, 2.24) is 19.9 Å². The van der Waals surface area contributed by atoms with Gasteiger partial charge in [0.15, 0.2) is 11.6 Å². The summed E-state index contributed by atoms with van der Waals surface area (Å²) < 4.78 is 0. The standard InChI is InChI=1S/C28H22N4/c1-2-26-30-27(23-13-11-21(12-14-23)22-15-17-29-18-16-22)32-28(31-26)25-10-6-9-24(19-25)20-7-4-3-5-8-20/h3-19H,2H2,1H3. The summed E-state index contributed by atoms with van der Waals surface area (Å²) in [6.45, 7) is 2.07. The van der Waals surface area contributed by atoms with Crippen molar-refractivity contribution in [1.29, 1.82) is 0 Å². The topological polar surface area (TPSA) is 51.6 Å². The van der Waals surface area contributed by atoms with Crippen LogP contribution in [-0.4, -0.2) is 19.9 Å². The number of aromatic nitrogens is 4. The summed E-state index contributed by atoms with van der Waals surface area (Å²) in [5.41, 5.74) is 6.54. The Balaban J connectivity index is 1.53. The van der Waals surface area contributed by atoms with Gasteiger partial charge in [0, 0.05) is 29.9 Å². The molecule has 0 amide bonds. The molecule has 4 heteroatoms. The number of rotatable bonds is 5. The average molecular weight is 415 g/mol. The first-order valence-electron chi connectivity index (χ1n) is 10.7. The van der Waals surface area contributed by atoms with E-state index in [2.05, 4.69) is 72.6 Å². The van der Waals surface area contributed by atoms with Gasteiger partial charge in [0.1, 0.15) is 5.82 Å². The van der Waals surface area contributed by atoms with E-state index in [1.165, 1.54) is 5.56 Å². The van der Waals surface area contributed by atoms with Gasteiger partial charge in [0.25, 0.3) is 0 Å². The maximum absolute atomic E-state index is 4.83. The third-order valence-corrected chi connectivity index (χ3v) is 5.38. The van der Waals surface area contributed by atoms with E-state index in [9.17, 15) is 0 Å². The van der Waals surface area contributed by atoms with Crippen LogP contribution in [0.5, 0.6) is 0 Å². The zero-order valence-electron chi connectivity index (χ0n) is 17.8. The molecule has 0 aliphatic heterocycles. The summed E-state index contributed by atoms with van der Waals surface area (Å²) >= 11 is 0. The molecule has 0 radical (unpaired) electrons. The van der Waals surface area contributed by atoms with E-state index in [-0.39, 0.29) is 0 Å². The molecule has 0 spiro atoms. The van der Waals surface area contributed by atoms with Crippen molar-refractivity contribution in [3.63, 3.8) is 0 Å². The Hall–Kier alpha value is -4.18. The van der Waals surface area contributed by atoms with Crippen LogP contribution in [0.2, 0.25) is 0 Å². The highest BCUT2D eigenvalue weighted by Crippen LogP contribution is 2.27. The molecule has 0 aliphatic rings. The Labute approximate surface area is 187 Å². The molecular weight excluding hydrogens is 392 g/mol. The zero-order chi connectivity index (χ0) is 21.8. The van der Waals surface area contributed by atoms with Gasteiger partial charge in [-0.25, -0.2) is 15.0 Å². The number of pyridine rings is 1. The first kappa shape index (κ1) is 19.8. The lowest BCUT2D eigenvalue weighted by Crippen LogP contribution is -2.02. The summed E-state index contributed by atoms with van der Waals surface area (Å²) in [7, 11) is 0. The molecule has 0 aliphatic carbocycles. The highest BCUT2D eigenvalue weighted by Gasteiger charge is 2.11. The average Bonchev–Trinajstić information content (AvgIpc) is 2.89. The van der Waals surface area contributed by atoms with Gasteiger partial charge in [-0.1, -0.05) is 79.7 Å². The van der Waals surface area contributed by atoms with Gasteiger partial charge in [-0.05, 0) is 40.5 Å². The molecular formula is C28H22N4. The Bertz CT molecular complexity index is 1330. The first-order chi connectivity index (χ1) is 15.8. The minimum absolute atomic E-state index is 0.693. The van der Waals surface area contributed by atoms with Gasteiger partial charge in [-0.2, -0.15) is 0 Å². The van der Waals surface area contributed by atoms with Crippen LogP contribution in [0.25, 0.3) is 45.0 Å². The number of hydrogen-bond donors (Lipinski definition) is 0. The Morgan fingerprint density at radius 2 is 1.06 bits per heavy atom. The van der Waals surface area contributed by atoms with Crippen LogP contribution >= 0.6 is 0 Å². The summed E-state index contributed by atoms with van der Waals surface area (Å²) in [6.07, 6.45) is 4.35. The number of aryl methyl sites for hydroxylation is 1. The predicted molar refractivity (Wildman–Crippen MR) is 129 cm³/mol. The van der Waals surface area contributed by atoms with Crippen LogP contribution in [0.1, 0.15) is 12.7 Å². The smallest absolute Gasteiger partial charge is 0.163 e. The lowest BCUT2D eigenvalue weighted by molar-refractivity contribution is 0.910. The second-order valence-electron chi connectivity index (χ2n) is 7.51. The summed E-state index contributed by atoms with van der Waals surface area (Å²) in [4.78, 5) is 18.3. The van der Waals surface area contributed by atoms with Crippen LogP contribution in [0.4, 0.5) is 0 Å². The van der Waals surface area contributed by atoms with Crippen molar-refractivity contribution in [3.8, 4) is 45.0 Å². The molecule has 0 bridgehead atoms. The minimum Gasteiger partial charge on any atom is -0.265 e. The van der Waals surface area contributed by atoms with Crippen LogP contribution in [0, 0.1) is 0 Å². The number of nitrogens with zero attached hydrogens (tertiary/aromatic N) is 4. The van der Waals surface area contributed by atoms with Crippen molar-refractivity contribution < 1.29 is 0 Å². The van der Waals surface area contributed by atoms with Gasteiger partial charge in [-0.15, -0.1) is 0 Å². The quantitative estimate of drug-likeness (QED) is 0.329. The fraction of sp³-hybridized carbons (Fsp3) is 0.0714. The molecule has 0 saturated carbocycles. The molecule has 2 aromatic heterocycles. The van der Waals surface area contributed by atoms with E-state index in [1.54, 1.807) is 12.4 Å². The van der Waals surface area contributed by atoms with Gasteiger partial charge in [0.05, 0.1) is 0 Å². The molecule has 0 unspecified atom stereocenters. The van der Waals surface area contributed by atoms with E-state index < -0.39 is 0 Å². The molecule has 4 nitrogen and oxygen atoms in total. The maximum atomic E-state index is 4.83.